The zero-order valence-electron chi connectivity index (χ0n) is 23.5. The van der Waals surface area contributed by atoms with Crippen LogP contribution in [0.1, 0.15) is 33.3 Å². The summed E-state index contributed by atoms with van der Waals surface area (Å²) in [6, 6.07) is 21.6. The summed E-state index contributed by atoms with van der Waals surface area (Å²) >= 11 is 7.50. The third-order valence-electron chi connectivity index (χ3n) is 6.28. The monoisotopic (exact) mass is 584 g/mol. The summed E-state index contributed by atoms with van der Waals surface area (Å²) < 4.78 is 16.6. The molecule has 0 spiro atoms. The lowest BCUT2D eigenvalue weighted by atomic mass is 9.88. The summed E-state index contributed by atoms with van der Waals surface area (Å²) in [6.07, 6.45) is 0.339. The summed E-state index contributed by atoms with van der Waals surface area (Å²) in [5, 5.41) is 0.266. The number of nitrogens with zero attached hydrogens (tertiary/aromatic N) is 4. The van der Waals surface area contributed by atoms with Crippen molar-refractivity contribution in [1.82, 2.24) is 9.97 Å². The highest BCUT2D eigenvalue weighted by Gasteiger charge is 2.41. The fourth-order valence-corrected chi connectivity index (χ4v) is 5.18. The van der Waals surface area contributed by atoms with Gasteiger partial charge in [-0.2, -0.15) is 4.98 Å². The number of benzene rings is 2. The molecule has 0 N–H and O–H groups in total. The van der Waals surface area contributed by atoms with Gasteiger partial charge in [-0.05, 0) is 36.5 Å². The Bertz CT molecular complexity index is 1220. The van der Waals surface area contributed by atoms with Gasteiger partial charge in [0.1, 0.15) is 23.1 Å². The van der Waals surface area contributed by atoms with E-state index in [4.69, 9.17) is 25.3 Å². The van der Waals surface area contributed by atoms with E-state index in [0.29, 0.717) is 43.5 Å². The summed E-state index contributed by atoms with van der Waals surface area (Å²) in [5.41, 5.74) is 1.83. The number of aromatic nitrogens is 2. The van der Waals surface area contributed by atoms with Gasteiger partial charge >= 0.3 is 6.09 Å². The normalized spacial score (nSPS) is 19.2. The number of rotatable bonds is 7. The minimum absolute atomic E-state index is 0.266. The zero-order valence-corrected chi connectivity index (χ0v) is 25.0. The van der Waals surface area contributed by atoms with Crippen molar-refractivity contribution in [2.45, 2.75) is 51.2 Å². The molecule has 2 aliphatic heterocycles. The molecule has 2 aromatic carbocycles. The number of hydrogen-bond donors (Lipinski definition) is 0. The van der Waals surface area contributed by atoms with Gasteiger partial charge in [0, 0.05) is 36.1 Å². The average Bonchev–Trinajstić information content (AvgIpc) is 3.22. The molecule has 0 bridgehead atoms. The smallest absolute Gasteiger partial charge is 0.416 e. The molecule has 10 heteroatoms. The van der Waals surface area contributed by atoms with Crippen molar-refractivity contribution in [3.05, 3.63) is 77.4 Å². The molecule has 0 unspecified atom stereocenters. The van der Waals surface area contributed by atoms with Crippen LogP contribution in [-0.4, -0.2) is 61.1 Å². The van der Waals surface area contributed by atoms with Gasteiger partial charge in [-0.15, -0.1) is 0 Å². The van der Waals surface area contributed by atoms with Crippen LogP contribution in [0, 0.1) is 5.41 Å². The first kappa shape index (κ1) is 30.1. The van der Waals surface area contributed by atoms with Gasteiger partial charge in [-0.3, -0.25) is 4.90 Å². The van der Waals surface area contributed by atoms with Crippen molar-refractivity contribution in [3.8, 4) is 0 Å². The maximum absolute atomic E-state index is 12.5. The molecule has 2 atom stereocenters. The lowest BCUT2D eigenvalue weighted by molar-refractivity contribution is 0.122. The predicted octanol–water partition coefficient (Wildman–Crippen LogP) is 6.68. The zero-order chi connectivity index (χ0) is 28.5. The third-order valence-corrected chi connectivity index (χ3v) is 7.19. The molecule has 2 saturated heterocycles. The molecular formula is C30H37ClN4O4S. The van der Waals surface area contributed by atoms with Crippen molar-refractivity contribution < 1.29 is 18.5 Å². The second-order valence-corrected chi connectivity index (χ2v) is 12.1. The van der Waals surface area contributed by atoms with Crippen LogP contribution in [0.2, 0.25) is 5.15 Å². The topological polar surface area (TPSA) is 77.0 Å². The molecule has 5 rings (SSSR count). The molecule has 0 saturated carbocycles. The third kappa shape index (κ3) is 8.83. The Labute approximate surface area is 246 Å². The fourth-order valence-electron chi connectivity index (χ4n) is 4.39. The Morgan fingerprint density at radius 2 is 1.68 bits per heavy atom. The second-order valence-electron chi connectivity index (χ2n) is 10.9. The first-order chi connectivity index (χ1) is 19.2. The Kier molecular flexibility index (Phi) is 10.7. The Morgan fingerprint density at radius 1 is 1.02 bits per heavy atom. The molecule has 3 aromatic rings. The number of carbonyl (C=O) groups excluding carboxylic acids is 1. The number of ether oxygens (including phenoxy) is 2. The summed E-state index contributed by atoms with van der Waals surface area (Å²) in [7, 11) is 0. The Balaban J connectivity index is 0.000000283. The number of carbonyl (C=O) groups is 1. The van der Waals surface area contributed by atoms with E-state index < -0.39 is 6.09 Å². The largest absolute Gasteiger partial charge is 0.444 e. The van der Waals surface area contributed by atoms with Crippen molar-refractivity contribution in [2.75, 3.05) is 42.7 Å². The van der Waals surface area contributed by atoms with Crippen molar-refractivity contribution in [3.63, 3.8) is 0 Å². The van der Waals surface area contributed by atoms with E-state index in [-0.39, 0.29) is 23.9 Å². The van der Waals surface area contributed by atoms with Gasteiger partial charge in [0.2, 0.25) is 5.95 Å². The van der Waals surface area contributed by atoms with E-state index in [9.17, 15) is 4.79 Å². The molecule has 3 heterocycles. The minimum Gasteiger partial charge on any atom is -0.444 e. The summed E-state index contributed by atoms with van der Waals surface area (Å²) in [4.78, 5) is 25.9. The Hall–Kier alpha value is -2.85. The van der Waals surface area contributed by atoms with Crippen LogP contribution >= 0.6 is 23.6 Å². The van der Waals surface area contributed by atoms with Crippen molar-refractivity contribution in [2.24, 2.45) is 5.41 Å². The van der Waals surface area contributed by atoms with Gasteiger partial charge in [0.15, 0.2) is 0 Å². The molecule has 0 radical (unpaired) electrons. The highest BCUT2D eigenvalue weighted by molar-refractivity contribution is 7.94. The fraction of sp³-hybridized carbons (Fsp3) is 0.433. The molecule has 2 fully saturated rings. The first-order valence-corrected chi connectivity index (χ1v) is 14.6. The summed E-state index contributed by atoms with van der Waals surface area (Å²) in [5.74, 6) is 0.876. The number of anilines is 2. The maximum Gasteiger partial charge on any atom is 0.416 e. The molecule has 1 amide bonds. The number of cyclic esters (lactones) is 1. The van der Waals surface area contributed by atoms with Crippen LogP contribution in [0.3, 0.4) is 0 Å². The van der Waals surface area contributed by atoms with Gasteiger partial charge in [-0.1, -0.05) is 80.9 Å². The van der Waals surface area contributed by atoms with Crippen LogP contribution in [0.25, 0.3) is 0 Å². The van der Waals surface area contributed by atoms with E-state index in [1.807, 2.05) is 42.2 Å². The molecule has 0 aliphatic carbocycles. The van der Waals surface area contributed by atoms with Gasteiger partial charge in [-0.25, -0.2) is 9.78 Å². The van der Waals surface area contributed by atoms with E-state index in [2.05, 4.69) is 61.1 Å². The van der Waals surface area contributed by atoms with Crippen molar-refractivity contribution >= 4 is 41.5 Å². The average molecular weight is 585 g/mol. The second kappa shape index (κ2) is 14.2. The lowest BCUT2D eigenvalue weighted by Gasteiger charge is -2.28. The maximum atomic E-state index is 12.5. The van der Waals surface area contributed by atoms with Crippen LogP contribution < -0.4 is 9.80 Å². The van der Waals surface area contributed by atoms with Crippen LogP contribution in [0.5, 0.6) is 0 Å². The van der Waals surface area contributed by atoms with E-state index in [1.54, 1.807) is 6.07 Å². The molecule has 1 aromatic heterocycles. The molecule has 8 nitrogen and oxygen atoms in total. The standard InChI is InChI=1S/C19H21ClN4O4S.C11H16/c1-13-15(12-27-29-14-5-3-2-4-6-14)24(19(25)28-13)17-11-16(20)21-18(22-17)23-7-9-26-10-8-23;1-11(2,3)9-10-7-5-4-6-8-10/h2-6,11,13,15H,7-10,12H2,1H3;4-8H,9H2,1-3H3/t13-,15+;/m1./s1. The molecular weight excluding hydrogens is 548 g/mol. The van der Waals surface area contributed by atoms with Gasteiger partial charge in [0.25, 0.3) is 0 Å². The highest BCUT2D eigenvalue weighted by Crippen LogP contribution is 2.30. The highest BCUT2D eigenvalue weighted by atomic mass is 35.5. The lowest BCUT2D eigenvalue weighted by Crippen LogP contribution is -2.41. The number of morpholine rings is 1. The van der Waals surface area contributed by atoms with Crippen molar-refractivity contribution in [1.29, 1.82) is 0 Å². The molecule has 214 valence electrons. The van der Waals surface area contributed by atoms with E-state index >= 15 is 0 Å². The van der Waals surface area contributed by atoms with E-state index in [0.717, 1.165) is 11.3 Å². The van der Waals surface area contributed by atoms with Gasteiger partial charge in [0.05, 0.1) is 19.8 Å². The van der Waals surface area contributed by atoms with Crippen LogP contribution in [-0.2, 0) is 20.1 Å². The predicted molar refractivity (Wildman–Crippen MR) is 160 cm³/mol. The number of amides is 1. The number of halogens is 1. The molecule has 40 heavy (non-hydrogen) atoms. The minimum atomic E-state index is -0.474. The number of hydrogen-bond acceptors (Lipinski definition) is 8. The van der Waals surface area contributed by atoms with Crippen LogP contribution in [0.15, 0.2) is 71.6 Å². The quantitative estimate of drug-likeness (QED) is 0.225. The summed E-state index contributed by atoms with van der Waals surface area (Å²) in [6.45, 7) is 11.4. The van der Waals surface area contributed by atoms with Crippen LogP contribution in [0.4, 0.5) is 16.6 Å². The SMILES string of the molecule is CC(C)(C)Cc1ccccc1.C[C@H]1OC(=O)N(c2cc(Cl)nc(N3CCOCC3)n2)[C@H]1COSc1ccccc1. The Morgan fingerprint density at radius 3 is 2.33 bits per heavy atom. The molecule has 2 aliphatic rings. The van der Waals surface area contributed by atoms with E-state index in [1.165, 1.54) is 22.5 Å². The first-order valence-electron chi connectivity index (χ1n) is 13.5. The van der Waals surface area contributed by atoms with Gasteiger partial charge < -0.3 is 18.6 Å².